The Morgan fingerprint density at radius 1 is 0.912 bits per heavy atom. The van der Waals surface area contributed by atoms with Gasteiger partial charge in [0.1, 0.15) is 5.75 Å². The van der Waals surface area contributed by atoms with Crippen LogP contribution in [0.2, 0.25) is 0 Å². The minimum atomic E-state index is -0.00362. The number of benzene rings is 2. The Labute approximate surface area is 204 Å². The Kier molecular flexibility index (Phi) is 7.82. The fourth-order valence-corrected chi connectivity index (χ4v) is 6.09. The first-order valence-electron chi connectivity index (χ1n) is 13.3. The third-order valence-corrected chi connectivity index (χ3v) is 7.95. The normalized spacial score (nSPS) is 25.2. The van der Waals surface area contributed by atoms with Gasteiger partial charge in [-0.1, -0.05) is 36.8 Å². The Balaban J connectivity index is 1.06. The number of carbonyl (C=O) groups excluding carboxylic acids is 1. The molecular formula is C29H39N3O2. The minimum Gasteiger partial charge on any atom is -0.494 e. The number of piperidine rings is 1. The van der Waals surface area contributed by atoms with Crippen LogP contribution in [-0.2, 0) is 6.54 Å². The lowest BCUT2D eigenvalue weighted by atomic mass is 10.0. The number of carbonyl (C=O) groups is 1. The number of nitrogens with zero attached hydrogens (tertiary/aromatic N) is 2. The first-order valence-corrected chi connectivity index (χ1v) is 13.3. The summed E-state index contributed by atoms with van der Waals surface area (Å²) in [7, 11) is 0. The Hall–Kier alpha value is -2.37. The molecule has 3 aliphatic rings. The van der Waals surface area contributed by atoms with Gasteiger partial charge in [-0.3, -0.25) is 9.69 Å². The van der Waals surface area contributed by atoms with Gasteiger partial charge in [-0.25, -0.2) is 0 Å². The van der Waals surface area contributed by atoms with Crippen LogP contribution in [0, 0.1) is 11.8 Å². The van der Waals surface area contributed by atoms with E-state index in [9.17, 15) is 4.79 Å². The van der Waals surface area contributed by atoms with Crippen molar-refractivity contribution < 1.29 is 9.53 Å². The van der Waals surface area contributed by atoms with E-state index in [-0.39, 0.29) is 12.1 Å². The molecule has 1 saturated carbocycles. The first-order chi connectivity index (χ1) is 16.7. The molecule has 2 aliphatic heterocycles. The zero-order valence-corrected chi connectivity index (χ0v) is 20.3. The number of hydrogen-bond donors (Lipinski definition) is 1. The third-order valence-electron chi connectivity index (χ3n) is 7.95. The maximum Gasteiger partial charge on any atom is 0.252 e. The summed E-state index contributed by atoms with van der Waals surface area (Å²) < 4.78 is 5.96. The van der Waals surface area contributed by atoms with Gasteiger partial charge in [0, 0.05) is 38.3 Å². The van der Waals surface area contributed by atoms with Gasteiger partial charge in [0.05, 0.1) is 12.8 Å². The number of hydrogen-bond acceptors (Lipinski definition) is 4. The van der Waals surface area contributed by atoms with Crippen LogP contribution in [0.3, 0.4) is 0 Å². The Morgan fingerprint density at radius 2 is 1.68 bits per heavy atom. The molecular weight excluding hydrogens is 422 g/mol. The largest absolute Gasteiger partial charge is 0.494 e. The highest BCUT2D eigenvalue weighted by atomic mass is 16.5. The zero-order valence-electron chi connectivity index (χ0n) is 20.3. The molecule has 182 valence electrons. The van der Waals surface area contributed by atoms with Gasteiger partial charge in [-0.05, 0) is 80.2 Å². The maximum absolute atomic E-state index is 12.9. The summed E-state index contributed by atoms with van der Waals surface area (Å²) in [6.45, 7) is 6.33. The summed E-state index contributed by atoms with van der Waals surface area (Å²) in [5.74, 6) is 2.76. The van der Waals surface area contributed by atoms with Gasteiger partial charge < -0.3 is 15.0 Å². The molecule has 2 aromatic carbocycles. The van der Waals surface area contributed by atoms with E-state index in [0.717, 1.165) is 63.1 Å². The molecule has 3 unspecified atom stereocenters. The molecule has 5 rings (SSSR count). The molecule has 1 N–H and O–H groups in total. The molecule has 1 amide bonds. The van der Waals surface area contributed by atoms with E-state index in [4.69, 9.17) is 4.74 Å². The predicted molar refractivity (Wildman–Crippen MR) is 136 cm³/mol. The van der Waals surface area contributed by atoms with Crippen LogP contribution in [-0.4, -0.2) is 54.7 Å². The Morgan fingerprint density at radius 3 is 2.44 bits per heavy atom. The van der Waals surface area contributed by atoms with Crippen LogP contribution in [0.5, 0.6) is 5.75 Å². The summed E-state index contributed by atoms with van der Waals surface area (Å²) in [4.78, 5) is 17.9. The number of ether oxygens (including phenoxy) is 1. The van der Waals surface area contributed by atoms with Crippen LogP contribution in [0.1, 0.15) is 60.9 Å². The molecule has 1 aliphatic carbocycles. The molecule has 34 heavy (non-hydrogen) atoms. The quantitative estimate of drug-likeness (QED) is 0.538. The number of likely N-dealkylation sites (tertiary alicyclic amines) is 2. The topological polar surface area (TPSA) is 44.8 Å². The standard InChI is InChI=1S/C29H39N3O2/c33-29(30-28-12-4-5-18-32(28)20-23-8-2-1-3-9-23)24-13-15-27(16-14-24)34-19-7-17-31-21-25-10-6-11-26(25)22-31/h1-3,8-9,13-16,25-26,28H,4-7,10-12,17-22H2,(H,30,33). The van der Waals surface area contributed by atoms with E-state index in [1.807, 2.05) is 30.3 Å². The second-order valence-electron chi connectivity index (χ2n) is 10.4. The van der Waals surface area contributed by atoms with Gasteiger partial charge in [0.2, 0.25) is 0 Å². The predicted octanol–water partition coefficient (Wildman–Crippen LogP) is 4.93. The van der Waals surface area contributed by atoms with E-state index in [1.165, 1.54) is 44.3 Å². The Bertz CT molecular complexity index is 905. The number of nitrogens with one attached hydrogen (secondary N) is 1. The van der Waals surface area contributed by atoms with Crippen molar-refractivity contribution in [1.29, 1.82) is 0 Å². The number of rotatable bonds is 9. The van der Waals surface area contributed by atoms with Gasteiger partial charge in [0.25, 0.3) is 5.91 Å². The highest BCUT2D eigenvalue weighted by Crippen LogP contribution is 2.37. The van der Waals surface area contributed by atoms with Crippen molar-refractivity contribution in [2.45, 2.75) is 57.7 Å². The van der Waals surface area contributed by atoms with E-state index < -0.39 is 0 Å². The van der Waals surface area contributed by atoms with Gasteiger partial charge in [0.15, 0.2) is 0 Å². The molecule has 2 saturated heterocycles. The van der Waals surface area contributed by atoms with Crippen LogP contribution in [0.4, 0.5) is 0 Å². The van der Waals surface area contributed by atoms with Crippen molar-refractivity contribution in [2.24, 2.45) is 11.8 Å². The molecule has 0 spiro atoms. The van der Waals surface area contributed by atoms with Crippen molar-refractivity contribution in [3.05, 3.63) is 65.7 Å². The highest BCUT2D eigenvalue weighted by molar-refractivity contribution is 5.94. The molecule has 0 aromatic heterocycles. The van der Waals surface area contributed by atoms with Crippen molar-refractivity contribution in [1.82, 2.24) is 15.1 Å². The van der Waals surface area contributed by atoms with Gasteiger partial charge in [-0.2, -0.15) is 0 Å². The average Bonchev–Trinajstić information content (AvgIpc) is 3.46. The lowest BCUT2D eigenvalue weighted by molar-refractivity contribution is 0.0753. The zero-order chi connectivity index (χ0) is 23.2. The van der Waals surface area contributed by atoms with E-state index in [2.05, 4.69) is 39.4 Å². The molecule has 0 radical (unpaired) electrons. The molecule has 3 fully saturated rings. The SMILES string of the molecule is O=C(NC1CCCCN1Cc1ccccc1)c1ccc(OCCCN2CC3CCCC3C2)cc1. The second-order valence-corrected chi connectivity index (χ2v) is 10.4. The lowest BCUT2D eigenvalue weighted by Crippen LogP contribution is -2.50. The van der Waals surface area contributed by atoms with Crippen LogP contribution in [0.25, 0.3) is 0 Å². The van der Waals surface area contributed by atoms with Crippen LogP contribution < -0.4 is 10.1 Å². The summed E-state index contributed by atoms with van der Waals surface area (Å²) >= 11 is 0. The minimum absolute atomic E-state index is 0.00362. The van der Waals surface area contributed by atoms with Crippen molar-refractivity contribution in [3.8, 4) is 5.75 Å². The van der Waals surface area contributed by atoms with Gasteiger partial charge in [-0.15, -0.1) is 0 Å². The van der Waals surface area contributed by atoms with E-state index in [0.29, 0.717) is 5.56 Å². The van der Waals surface area contributed by atoms with Crippen molar-refractivity contribution in [3.63, 3.8) is 0 Å². The molecule has 2 aromatic rings. The molecule has 5 heteroatoms. The van der Waals surface area contributed by atoms with Crippen LogP contribution in [0.15, 0.2) is 54.6 Å². The summed E-state index contributed by atoms with van der Waals surface area (Å²) in [5, 5.41) is 3.27. The molecule has 2 heterocycles. The molecule has 3 atom stereocenters. The highest BCUT2D eigenvalue weighted by Gasteiger charge is 2.35. The summed E-state index contributed by atoms with van der Waals surface area (Å²) in [6.07, 6.45) is 8.78. The average molecular weight is 462 g/mol. The van der Waals surface area contributed by atoms with Crippen molar-refractivity contribution in [2.75, 3.05) is 32.8 Å². The fourth-order valence-electron chi connectivity index (χ4n) is 6.09. The summed E-state index contributed by atoms with van der Waals surface area (Å²) in [5.41, 5.74) is 1.99. The van der Waals surface area contributed by atoms with E-state index >= 15 is 0 Å². The summed E-state index contributed by atoms with van der Waals surface area (Å²) in [6, 6.07) is 18.1. The lowest BCUT2D eigenvalue weighted by Gasteiger charge is -2.36. The first kappa shape index (κ1) is 23.4. The molecule has 5 nitrogen and oxygen atoms in total. The number of amides is 1. The maximum atomic E-state index is 12.9. The second kappa shape index (κ2) is 11.4. The third kappa shape index (κ3) is 6.00. The fraction of sp³-hybridized carbons (Fsp3) is 0.552. The number of fused-ring (bicyclic) bond motifs is 1. The van der Waals surface area contributed by atoms with E-state index in [1.54, 1.807) is 0 Å². The van der Waals surface area contributed by atoms with Gasteiger partial charge >= 0.3 is 0 Å². The monoisotopic (exact) mass is 461 g/mol. The van der Waals surface area contributed by atoms with Crippen LogP contribution >= 0.6 is 0 Å². The van der Waals surface area contributed by atoms with Crippen molar-refractivity contribution >= 4 is 5.91 Å². The molecule has 0 bridgehead atoms. The smallest absolute Gasteiger partial charge is 0.252 e.